The average molecular weight is 195 g/mol. The third-order valence-electron chi connectivity index (χ3n) is 4.40. The van der Waals surface area contributed by atoms with Crippen LogP contribution in [0.4, 0.5) is 0 Å². The van der Waals surface area contributed by atoms with Crippen molar-refractivity contribution in [1.29, 1.82) is 0 Å². The normalized spacial score (nSPS) is 31.1. The predicted octanol–water partition coefficient (Wildman–Crippen LogP) is 3.49. The quantitative estimate of drug-likeness (QED) is 0.727. The SMILES string of the molecule is CCCNC1CCCC12CCCCC2. The van der Waals surface area contributed by atoms with Crippen molar-refractivity contribution in [2.75, 3.05) is 6.54 Å². The summed E-state index contributed by atoms with van der Waals surface area (Å²) >= 11 is 0. The Bertz CT molecular complexity index is 170. The third-order valence-corrected chi connectivity index (χ3v) is 4.40. The second-order valence-corrected chi connectivity index (χ2v) is 5.32. The molecule has 0 radical (unpaired) electrons. The van der Waals surface area contributed by atoms with Crippen molar-refractivity contribution < 1.29 is 0 Å². The van der Waals surface area contributed by atoms with Gasteiger partial charge in [-0.25, -0.2) is 0 Å². The number of nitrogens with one attached hydrogen (secondary N) is 1. The van der Waals surface area contributed by atoms with Crippen molar-refractivity contribution in [1.82, 2.24) is 5.32 Å². The molecule has 2 aliphatic carbocycles. The molecule has 0 bridgehead atoms. The van der Waals surface area contributed by atoms with E-state index in [4.69, 9.17) is 0 Å². The summed E-state index contributed by atoms with van der Waals surface area (Å²) in [5, 5.41) is 3.79. The molecule has 82 valence electrons. The van der Waals surface area contributed by atoms with Gasteiger partial charge in [-0.2, -0.15) is 0 Å². The molecule has 0 aromatic heterocycles. The Balaban J connectivity index is 1.93. The smallest absolute Gasteiger partial charge is 0.0123 e. The molecule has 0 aromatic carbocycles. The molecule has 2 saturated carbocycles. The van der Waals surface area contributed by atoms with Gasteiger partial charge >= 0.3 is 0 Å². The Morgan fingerprint density at radius 3 is 2.50 bits per heavy atom. The van der Waals surface area contributed by atoms with Gasteiger partial charge < -0.3 is 5.32 Å². The molecule has 1 N–H and O–H groups in total. The maximum Gasteiger partial charge on any atom is 0.0123 e. The highest BCUT2D eigenvalue weighted by Crippen LogP contribution is 2.48. The van der Waals surface area contributed by atoms with Crippen molar-refractivity contribution in [2.45, 2.75) is 70.8 Å². The molecule has 2 fully saturated rings. The molecule has 1 unspecified atom stereocenters. The molecule has 14 heavy (non-hydrogen) atoms. The zero-order valence-electron chi connectivity index (χ0n) is 9.65. The van der Waals surface area contributed by atoms with Gasteiger partial charge in [0.25, 0.3) is 0 Å². The lowest BCUT2D eigenvalue weighted by atomic mass is 9.70. The molecular weight excluding hydrogens is 170 g/mol. The van der Waals surface area contributed by atoms with Crippen LogP contribution in [0.1, 0.15) is 64.7 Å². The van der Waals surface area contributed by atoms with Crippen LogP contribution >= 0.6 is 0 Å². The highest BCUT2D eigenvalue weighted by molar-refractivity contribution is 4.97. The summed E-state index contributed by atoms with van der Waals surface area (Å²) in [7, 11) is 0. The summed E-state index contributed by atoms with van der Waals surface area (Å²) in [5.74, 6) is 0. The molecule has 1 atom stereocenters. The number of rotatable bonds is 3. The maximum atomic E-state index is 3.79. The zero-order valence-corrected chi connectivity index (χ0v) is 9.65. The first-order valence-corrected chi connectivity index (χ1v) is 6.61. The minimum absolute atomic E-state index is 0.730. The summed E-state index contributed by atoms with van der Waals surface area (Å²) < 4.78 is 0. The van der Waals surface area contributed by atoms with Crippen molar-refractivity contribution in [3.8, 4) is 0 Å². The summed E-state index contributed by atoms with van der Waals surface area (Å²) in [6.45, 7) is 3.50. The zero-order chi connectivity index (χ0) is 9.86. The molecular formula is C13H25N. The van der Waals surface area contributed by atoms with Gasteiger partial charge in [0, 0.05) is 6.04 Å². The van der Waals surface area contributed by atoms with E-state index in [0.29, 0.717) is 0 Å². The van der Waals surface area contributed by atoms with Crippen LogP contribution in [0.2, 0.25) is 0 Å². The van der Waals surface area contributed by atoms with Gasteiger partial charge in [-0.1, -0.05) is 32.6 Å². The van der Waals surface area contributed by atoms with Crippen LogP contribution in [-0.2, 0) is 0 Å². The largest absolute Gasteiger partial charge is 0.313 e. The van der Waals surface area contributed by atoms with Gasteiger partial charge in [-0.15, -0.1) is 0 Å². The average Bonchev–Trinajstić information content (AvgIpc) is 2.59. The first-order valence-electron chi connectivity index (χ1n) is 6.61. The van der Waals surface area contributed by atoms with E-state index in [2.05, 4.69) is 12.2 Å². The summed E-state index contributed by atoms with van der Waals surface area (Å²) in [6, 6.07) is 0.864. The van der Waals surface area contributed by atoms with Crippen LogP contribution in [0.15, 0.2) is 0 Å². The predicted molar refractivity (Wildman–Crippen MR) is 61.5 cm³/mol. The Morgan fingerprint density at radius 2 is 1.79 bits per heavy atom. The first kappa shape index (κ1) is 10.5. The van der Waals surface area contributed by atoms with Gasteiger partial charge in [-0.05, 0) is 44.1 Å². The topological polar surface area (TPSA) is 12.0 Å². The minimum atomic E-state index is 0.730. The monoisotopic (exact) mass is 195 g/mol. The molecule has 0 heterocycles. The Morgan fingerprint density at radius 1 is 1.07 bits per heavy atom. The summed E-state index contributed by atoms with van der Waals surface area (Å²) in [4.78, 5) is 0. The van der Waals surface area contributed by atoms with E-state index in [1.165, 1.54) is 64.3 Å². The Kier molecular flexibility index (Phi) is 3.48. The van der Waals surface area contributed by atoms with Crippen LogP contribution in [0.3, 0.4) is 0 Å². The van der Waals surface area contributed by atoms with Gasteiger partial charge in [-0.3, -0.25) is 0 Å². The van der Waals surface area contributed by atoms with Crippen molar-refractivity contribution in [3.05, 3.63) is 0 Å². The van der Waals surface area contributed by atoms with E-state index < -0.39 is 0 Å². The molecule has 2 aliphatic rings. The molecule has 0 saturated heterocycles. The van der Waals surface area contributed by atoms with Gasteiger partial charge in [0.05, 0.1) is 0 Å². The fourth-order valence-electron chi connectivity index (χ4n) is 3.63. The highest BCUT2D eigenvalue weighted by Gasteiger charge is 2.42. The highest BCUT2D eigenvalue weighted by atomic mass is 14.9. The third kappa shape index (κ3) is 1.98. The molecule has 1 spiro atoms. The van der Waals surface area contributed by atoms with E-state index in [1.54, 1.807) is 0 Å². The Hall–Kier alpha value is -0.0400. The van der Waals surface area contributed by atoms with Gasteiger partial charge in [0.2, 0.25) is 0 Å². The van der Waals surface area contributed by atoms with Crippen LogP contribution < -0.4 is 5.32 Å². The van der Waals surface area contributed by atoms with Gasteiger partial charge in [0.1, 0.15) is 0 Å². The van der Waals surface area contributed by atoms with Crippen LogP contribution in [0.5, 0.6) is 0 Å². The second-order valence-electron chi connectivity index (χ2n) is 5.32. The fourth-order valence-corrected chi connectivity index (χ4v) is 3.63. The maximum absolute atomic E-state index is 3.79. The van der Waals surface area contributed by atoms with E-state index in [0.717, 1.165) is 11.5 Å². The van der Waals surface area contributed by atoms with Crippen molar-refractivity contribution in [3.63, 3.8) is 0 Å². The lowest BCUT2D eigenvalue weighted by Crippen LogP contribution is -2.42. The Labute approximate surface area is 88.7 Å². The molecule has 0 amide bonds. The lowest BCUT2D eigenvalue weighted by molar-refractivity contribution is 0.150. The molecule has 1 heteroatoms. The van der Waals surface area contributed by atoms with E-state index >= 15 is 0 Å². The molecule has 2 rings (SSSR count). The van der Waals surface area contributed by atoms with Crippen molar-refractivity contribution >= 4 is 0 Å². The number of hydrogen-bond donors (Lipinski definition) is 1. The van der Waals surface area contributed by atoms with Crippen LogP contribution in [0.25, 0.3) is 0 Å². The van der Waals surface area contributed by atoms with Gasteiger partial charge in [0.15, 0.2) is 0 Å². The fraction of sp³-hybridized carbons (Fsp3) is 1.00. The van der Waals surface area contributed by atoms with Crippen LogP contribution in [0, 0.1) is 5.41 Å². The minimum Gasteiger partial charge on any atom is -0.313 e. The first-order chi connectivity index (χ1) is 6.87. The summed E-state index contributed by atoms with van der Waals surface area (Å²) in [6.07, 6.45) is 13.2. The second kappa shape index (κ2) is 4.65. The molecule has 0 aliphatic heterocycles. The standard InChI is InChI=1S/C13H25N/c1-2-11-14-12-7-6-10-13(12)8-4-3-5-9-13/h12,14H,2-11H2,1H3. The van der Waals surface area contributed by atoms with E-state index in [9.17, 15) is 0 Å². The van der Waals surface area contributed by atoms with E-state index in [1.807, 2.05) is 0 Å². The van der Waals surface area contributed by atoms with Crippen LogP contribution in [-0.4, -0.2) is 12.6 Å². The summed E-state index contributed by atoms with van der Waals surface area (Å²) in [5.41, 5.74) is 0.730. The van der Waals surface area contributed by atoms with Crippen molar-refractivity contribution in [2.24, 2.45) is 5.41 Å². The molecule has 1 nitrogen and oxygen atoms in total. The molecule has 0 aromatic rings. The lowest BCUT2D eigenvalue weighted by Gasteiger charge is -2.39. The number of hydrogen-bond acceptors (Lipinski definition) is 1. The van der Waals surface area contributed by atoms with E-state index in [-0.39, 0.29) is 0 Å².